The Balaban J connectivity index is 2.20. The van der Waals surface area contributed by atoms with Gasteiger partial charge in [0.05, 0.1) is 10.6 Å². The van der Waals surface area contributed by atoms with E-state index in [1.807, 2.05) is 0 Å². The minimum atomic E-state index is -0.574. The Morgan fingerprint density at radius 1 is 1.35 bits per heavy atom. The van der Waals surface area contributed by atoms with Crippen LogP contribution in [0.15, 0.2) is 18.2 Å². The first kappa shape index (κ1) is 12.7. The number of carbonyl (C=O) groups excluding carboxylic acids is 1. The molecule has 1 aromatic carbocycles. The third-order valence-corrected chi connectivity index (χ3v) is 3.64. The minimum absolute atomic E-state index is 0.0396. The molecule has 0 saturated carbocycles. The van der Waals surface area contributed by atoms with Crippen LogP contribution in [0.4, 0.5) is 4.39 Å². The Bertz CT molecular complexity index is 410. The first-order valence-corrected chi connectivity index (χ1v) is 6.28. The van der Waals surface area contributed by atoms with Crippen LogP contribution in [0, 0.1) is 5.82 Å². The lowest BCUT2D eigenvalue weighted by molar-refractivity contribution is 0.0722. The van der Waals surface area contributed by atoms with Crippen LogP contribution in [0.25, 0.3) is 0 Å². The number of amides is 1. The van der Waals surface area contributed by atoms with E-state index < -0.39 is 5.82 Å². The van der Waals surface area contributed by atoms with E-state index >= 15 is 0 Å². The Kier molecular flexibility index (Phi) is 3.89. The van der Waals surface area contributed by atoms with Gasteiger partial charge in [-0.05, 0) is 25.0 Å². The summed E-state index contributed by atoms with van der Waals surface area (Å²) in [7, 11) is 0. The molecule has 0 unspecified atom stereocenters. The zero-order valence-corrected chi connectivity index (χ0v) is 10.6. The average Bonchev–Trinajstić information content (AvgIpc) is 2.29. The van der Waals surface area contributed by atoms with E-state index in [0.29, 0.717) is 13.1 Å². The molecule has 1 saturated heterocycles. The second-order valence-electron chi connectivity index (χ2n) is 4.06. The lowest BCUT2D eigenvalue weighted by Gasteiger charge is -2.29. The number of hydrogen-bond acceptors (Lipinski definition) is 1. The number of rotatable bonds is 1. The van der Waals surface area contributed by atoms with E-state index in [0.717, 1.165) is 12.8 Å². The monoisotopic (exact) mass is 275 g/mol. The fourth-order valence-corrected chi connectivity index (χ4v) is 2.35. The molecule has 1 aromatic rings. The zero-order valence-electron chi connectivity index (χ0n) is 9.13. The van der Waals surface area contributed by atoms with Crippen molar-refractivity contribution in [2.45, 2.75) is 18.2 Å². The van der Waals surface area contributed by atoms with Gasteiger partial charge in [-0.15, -0.1) is 11.6 Å². The highest BCUT2D eigenvalue weighted by Crippen LogP contribution is 2.23. The van der Waals surface area contributed by atoms with Gasteiger partial charge in [-0.2, -0.15) is 0 Å². The van der Waals surface area contributed by atoms with Crippen molar-refractivity contribution in [3.8, 4) is 0 Å². The van der Waals surface area contributed by atoms with Crippen molar-refractivity contribution in [2.75, 3.05) is 13.1 Å². The number of halogens is 3. The summed E-state index contributed by atoms with van der Waals surface area (Å²) in [6.07, 6.45) is 1.47. The van der Waals surface area contributed by atoms with Gasteiger partial charge in [0.15, 0.2) is 0 Å². The summed E-state index contributed by atoms with van der Waals surface area (Å²) < 4.78 is 13.6. The summed E-state index contributed by atoms with van der Waals surface area (Å²) in [6.45, 7) is 1.11. The maximum Gasteiger partial charge on any atom is 0.258 e. The molecular weight excluding hydrogens is 264 g/mol. The molecule has 0 aromatic heterocycles. The van der Waals surface area contributed by atoms with Crippen molar-refractivity contribution < 1.29 is 9.18 Å². The number of hydrogen-bond donors (Lipinski definition) is 0. The number of benzene rings is 1. The highest BCUT2D eigenvalue weighted by Gasteiger charge is 2.25. The quantitative estimate of drug-likeness (QED) is 0.720. The van der Waals surface area contributed by atoms with Crippen molar-refractivity contribution >= 4 is 29.1 Å². The van der Waals surface area contributed by atoms with Gasteiger partial charge < -0.3 is 4.90 Å². The molecular formula is C12H12Cl2FNO. The Morgan fingerprint density at radius 3 is 2.59 bits per heavy atom. The molecule has 2 rings (SSSR count). The van der Waals surface area contributed by atoms with Crippen LogP contribution in [0.1, 0.15) is 23.2 Å². The average molecular weight is 276 g/mol. The number of alkyl halides is 1. The summed E-state index contributed by atoms with van der Waals surface area (Å²) in [5, 5.41) is 0.262. The molecule has 5 heteroatoms. The first-order valence-electron chi connectivity index (χ1n) is 5.47. The molecule has 0 radical (unpaired) electrons. The van der Waals surface area contributed by atoms with Crippen LogP contribution in [0.5, 0.6) is 0 Å². The standard InChI is InChI=1S/C12H12Cl2FNO/c13-8-4-6-16(7-5-8)12(17)11-9(14)2-1-3-10(11)15/h1-3,8H,4-7H2. The Morgan fingerprint density at radius 2 is 2.00 bits per heavy atom. The van der Waals surface area contributed by atoms with Crippen LogP contribution >= 0.6 is 23.2 Å². The van der Waals surface area contributed by atoms with Crippen LogP contribution < -0.4 is 0 Å². The number of likely N-dealkylation sites (tertiary alicyclic amines) is 1. The first-order chi connectivity index (χ1) is 8.09. The summed E-state index contributed by atoms with van der Waals surface area (Å²) in [5.74, 6) is -0.924. The minimum Gasteiger partial charge on any atom is -0.338 e. The van der Waals surface area contributed by atoms with Crippen molar-refractivity contribution in [1.29, 1.82) is 0 Å². The summed E-state index contributed by atoms with van der Waals surface area (Å²) >= 11 is 11.8. The lowest BCUT2D eigenvalue weighted by atomic mass is 10.1. The van der Waals surface area contributed by atoms with Crippen molar-refractivity contribution in [3.63, 3.8) is 0 Å². The van der Waals surface area contributed by atoms with Crippen LogP contribution in [-0.4, -0.2) is 29.3 Å². The molecule has 17 heavy (non-hydrogen) atoms. The van der Waals surface area contributed by atoms with Gasteiger partial charge in [0.25, 0.3) is 5.91 Å². The molecule has 0 atom stereocenters. The van der Waals surface area contributed by atoms with E-state index in [2.05, 4.69) is 0 Å². The van der Waals surface area contributed by atoms with Gasteiger partial charge in [0.1, 0.15) is 5.82 Å². The van der Waals surface area contributed by atoms with Gasteiger partial charge in [0, 0.05) is 18.5 Å². The van der Waals surface area contributed by atoms with Crippen LogP contribution in [-0.2, 0) is 0 Å². The second kappa shape index (κ2) is 5.23. The molecule has 2 nitrogen and oxygen atoms in total. The van der Waals surface area contributed by atoms with Gasteiger partial charge in [-0.25, -0.2) is 4.39 Å². The van der Waals surface area contributed by atoms with Crippen molar-refractivity contribution in [2.24, 2.45) is 0 Å². The molecule has 0 spiro atoms. The lowest BCUT2D eigenvalue weighted by Crippen LogP contribution is -2.39. The third-order valence-electron chi connectivity index (χ3n) is 2.89. The summed E-state index contributed by atoms with van der Waals surface area (Å²) in [4.78, 5) is 13.7. The van der Waals surface area contributed by atoms with E-state index in [1.165, 1.54) is 18.2 Å². The highest BCUT2D eigenvalue weighted by atomic mass is 35.5. The number of piperidine rings is 1. The molecule has 1 amide bonds. The maximum atomic E-state index is 13.6. The molecule has 0 bridgehead atoms. The summed E-state index contributed by atoms with van der Waals surface area (Å²) in [6, 6.07) is 4.25. The molecule has 92 valence electrons. The van der Waals surface area contributed by atoms with Gasteiger partial charge in [-0.1, -0.05) is 17.7 Å². The maximum absolute atomic E-state index is 13.6. The molecule has 0 aliphatic carbocycles. The molecule has 1 heterocycles. The SMILES string of the molecule is O=C(c1c(F)cccc1Cl)N1CCC(Cl)CC1. The van der Waals surface area contributed by atoms with Crippen LogP contribution in [0.2, 0.25) is 5.02 Å². The second-order valence-corrected chi connectivity index (χ2v) is 5.09. The summed E-state index contributed by atoms with van der Waals surface area (Å²) in [5.41, 5.74) is -0.0396. The van der Waals surface area contributed by atoms with E-state index in [4.69, 9.17) is 23.2 Å². The molecule has 1 aliphatic rings. The Labute approximate surface area is 109 Å². The topological polar surface area (TPSA) is 20.3 Å². The van der Waals surface area contributed by atoms with Crippen molar-refractivity contribution in [3.05, 3.63) is 34.6 Å². The largest absolute Gasteiger partial charge is 0.338 e. The van der Waals surface area contributed by atoms with Crippen molar-refractivity contribution in [1.82, 2.24) is 4.90 Å². The van der Waals surface area contributed by atoms with Gasteiger partial charge >= 0.3 is 0 Å². The third kappa shape index (κ3) is 2.72. The Hall–Kier alpha value is -0.800. The molecule has 1 aliphatic heterocycles. The fraction of sp³-hybridized carbons (Fsp3) is 0.417. The molecule has 0 N–H and O–H groups in total. The normalized spacial score (nSPS) is 17.2. The van der Waals surface area contributed by atoms with E-state index in [-0.39, 0.29) is 21.9 Å². The zero-order chi connectivity index (χ0) is 12.4. The predicted molar refractivity (Wildman–Crippen MR) is 66.2 cm³/mol. The van der Waals surface area contributed by atoms with Crippen LogP contribution in [0.3, 0.4) is 0 Å². The van der Waals surface area contributed by atoms with E-state index in [1.54, 1.807) is 4.90 Å². The smallest absolute Gasteiger partial charge is 0.258 e. The van der Waals surface area contributed by atoms with Gasteiger partial charge in [0.2, 0.25) is 0 Å². The number of carbonyl (C=O) groups is 1. The van der Waals surface area contributed by atoms with Gasteiger partial charge in [-0.3, -0.25) is 4.79 Å². The fourth-order valence-electron chi connectivity index (χ4n) is 1.91. The molecule has 1 fully saturated rings. The predicted octanol–water partition coefficient (Wildman–Crippen LogP) is 3.32. The highest BCUT2D eigenvalue weighted by molar-refractivity contribution is 6.33. The van der Waals surface area contributed by atoms with E-state index in [9.17, 15) is 9.18 Å². The number of nitrogens with zero attached hydrogens (tertiary/aromatic N) is 1.